The molecule has 0 amide bonds. The zero-order chi connectivity index (χ0) is 21.3. The second kappa shape index (κ2) is 8.15. The second-order valence-corrected chi connectivity index (χ2v) is 8.20. The van der Waals surface area contributed by atoms with Gasteiger partial charge in [-0.15, -0.1) is 0 Å². The third-order valence-corrected chi connectivity index (χ3v) is 5.94. The molecule has 1 aliphatic heterocycles. The predicted molar refractivity (Wildman–Crippen MR) is 114 cm³/mol. The summed E-state index contributed by atoms with van der Waals surface area (Å²) in [6.45, 7) is 4.54. The minimum absolute atomic E-state index is 0.0409. The molecule has 0 bridgehead atoms. The van der Waals surface area contributed by atoms with Crippen LogP contribution in [0.4, 0.5) is 5.00 Å². The Bertz CT molecular complexity index is 1180. The standard InChI is InChI=1S/C20H20N6O3S/c1-12-8-13(2)25(24-12)11-14-9-17(23-22-14)15-4-3-7-21-16(15)10-18(27)19-5-6-20(30-19)26(28)29/h5-9H,3-4,10-11H2,1-2H3,(H,22,23). The van der Waals surface area contributed by atoms with E-state index in [4.69, 9.17) is 0 Å². The molecule has 30 heavy (non-hydrogen) atoms. The van der Waals surface area contributed by atoms with E-state index >= 15 is 0 Å². The predicted octanol–water partition coefficient (Wildman–Crippen LogP) is 4.09. The molecule has 0 saturated heterocycles. The molecular formula is C20H20N6O3S. The number of hydrogen-bond donors (Lipinski definition) is 1. The van der Waals surface area contributed by atoms with Crippen molar-refractivity contribution in [3.8, 4) is 0 Å². The van der Waals surface area contributed by atoms with E-state index in [1.807, 2.05) is 30.7 Å². The van der Waals surface area contributed by atoms with Crippen LogP contribution in [0.25, 0.3) is 5.57 Å². The van der Waals surface area contributed by atoms with Crippen molar-refractivity contribution >= 4 is 33.9 Å². The van der Waals surface area contributed by atoms with Crippen LogP contribution in [0.5, 0.6) is 0 Å². The number of allylic oxidation sites excluding steroid dienone is 2. The SMILES string of the molecule is Cc1cc(C)n(Cc2cc(C3=C(CC(=O)c4ccc([N+](=O)[O-])s4)N=CCC3)n[nH]2)n1. The lowest BCUT2D eigenvalue weighted by Crippen LogP contribution is -2.04. The number of aromatic amines is 1. The van der Waals surface area contributed by atoms with Crippen molar-refractivity contribution in [2.45, 2.75) is 39.7 Å². The van der Waals surface area contributed by atoms with Crippen LogP contribution in [0.1, 0.15) is 51.7 Å². The van der Waals surface area contributed by atoms with Crippen LogP contribution in [0.15, 0.2) is 35.0 Å². The third-order valence-electron chi connectivity index (χ3n) is 4.86. The Morgan fingerprint density at radius 2 is 2.17 bits per heavy atom. The van der Waals surface area contributed by atoms with E-state index in [9.17, 15) is 14.9 Å². The van der Waals surface area contributed by atoms with Gasteiger partial charge in [0, 0.05) is 23.5 Å². The van der Waals surface area contributed by atoms with Crippen molar-refractivity contribution in [3.63, 3.8) is 0 Å². The number of hydrogen-bond acceptors (Lipinski definition) is 7. The molecule has 0 unspecified atom stereocenters. The minimum Gasteiger partial charge on any atom is -0.293 e. The summed E-state index contributed by atoms with van der Waals surface area (Å²) >= 11 is 0.889. The van der Waals surface area contributed by atoms with Crippen LogP contribution in [0.2, 0.25) is 0 Å². The Morgan fingerprint density at radius 1 is 1.33 bits per heavy atom. The first kappa shape index (κ1) is 19.9. The van der Waals surface area contributed by atoms with Crippen molar-refractivity contribution in [2.24, 2.45) is 4.99 Å². The largest absolute Gasteiger partial charge is 0.324 e. The molecule has 1 N–H and O–H groups in total. The van der Waals surface area contributed by atoms with Crippen LogP contribution in [0, 0.1) is 24.0 Å². The molecule has 0 spiro atoms. The monoisotopic (exact) mass is 424 g/mol. The number of thiophene rings is 1. The first-order valence-corrected chi connectivity index (χ1v) is 10.3. The maximum Gasteiger partial charge on any atom is 0.324 e. The average Bonchev–Trinajstić information content (AvgIpc) is 3.43. The number of carbonyl (C=O) groups excluding carboxylic acids is 1. The normalized spacial score (nSPS) is 13.8. The number of aliphatic imine (C=N–C) groups is 1. The highest BCUT2D eigenvalue weighted by Crippen LogP contribution is 2.31. The van der Waals surface area contributed by atoms with Crippen molar-refractivity contribution in [3.05, 3.63) is 67.7 Å². The van der Waals surface area contributed by atoms with Crippen LogP contribution in [-0.2, 0) is 6.54 Å². The second-order valence-electron chi connectivity index (χ2n) is 7.13. The lowest BCUT2D eigenvalue weighted by Gasteiger charge is -2.12. The number of ketones is 1. The van der Waals surface area contributed by atoms with Gasteiger partial charge in [0.1, 0.15) is 0 Å². The zero-order valence-electron chi connectivity index (χ0n) is 16.6. The first-order chi connectivity index (χ1) is 14.4. The molecule has 0 aromatic carbocycles. The number of aryl methyl sites for hydroxylation is 2. The number of rotatable bonds is 7. The van der Waals surface area contributed by atoms with Gasteiger partial charge in [0.05, 0.1) is 45.5 Å². The fourth-order valence-corrected chi connectivity index (χ4v) is 4.20. The molecule has 10 heteroatoms. The highest BCUT2D eigenvalue weighted by Gasteiger charge is 2.21. The van der Waals surface area contributed by atoms with Crippen molar-refractivity contribution in [1.82, 2.24) is 20.0 Å². The van der Waals surface area contributed by atoms with Gasteiger partial charge >= 0.3 is 5.00 Å². The highest BCUT2D eigenvalue weighted by molar-refractivity contribution is 7.17. The van der Waals surface area contributed by atoms with Crippen molar-refractivity contribution in [1.29, 1.82) is 0 Å². The molecule has 0 aliphatic carbocycles. The summed E-state index contributed by atoms with van der Waals surface area (Å²) in [5.41, 5.74) is 5.30. The molecule has 3 aromatic heterocycles. The summed E-state index contributed by atoms with van der Waals surface area (Å²) in [5.74, 6) is -0.182. The van der Waals surface area contributed by atoms with Crippen molar-refractivity contribution < 1.29 is 9.72 Å². The molecule has 3 aromatic rings. The Balaban J connectivity index is 1.56. The van der Waals surface area contributed by atoms with E-state index in [2.05, 4.69) is 20.3 Å². The van der Waals surface area contributed by atoms with Gasteiger partial charge in [-0.1, -0.05) is 11.3 Å². The zero-order valence-corrected chi connectivity index (χ0v) is 17.4. The van der Waals surface area contributed by atoms with Crippen LogP contribution < -0.4 is 0 Å². The number of H-pyrrole nitrogens is 1. The van der Waals surface area contributed by atoms with Crippen molar-refractivity contribution in [2.75, 3.05) is 0 Å². The maximum atomic E-state index is 12.7. The smallest absolute Gasteiger partial charge is 0.293 e. The summed E-state index contributed by atoms with van der Waals surface area (Å²) < 4.78 is 1.91. The van der Waals surface area contributed by atoms with Crippen LogP contribution in [-0.4, -0.2) is 36.9 Å². The van der Waals surface area contributed by atoms with Gasteiger partial charge < -0.3 is 0 Å². The van der Waals surface area contributed by atoms with Gasteiger partial charge in [-0.2, -0.15) is 10.2 Å². The van der Waals surface area contributed by atoms with E-state index in [0.717, 1.165) is 52.5 Å². The lowest BCUT2D eigenvalue weighted by atomic mass is 9.99. The minimum atomic E-state index is -0.487. The Kier molecular flexibility index (Phi) is 5.40. The van der Waals surface area contributed by atoms with E-state index < -0.39 is 4.92 Å². The molecule has 154 valence electrons. The summed E-state index contributed by atoms with van der Waals surface area (Å²) in [6.07, 6.45) is 3.40. The van der Waals surface area contributed by atoms with Crippen LogP contribution >= 0.6 is 11.3 Å². The Labute approximate surface area is 176 Å². The van der Waals surface area contributed by atoms with Gasteiger partial charge in [-0.05, 0) is 44.9 Å². The van der Waals surface area contributed by atoms with Gasteiger partial charge in [0.2, 0.25) is 0 Å². The van der Waals surface area contributed by atoms with Gasteiger partial charge in [0.25, 0.3) is 0 Å². The number of nitro groups is 1. The number of carbonyl (C=O) groups is 1. The number of nitrogens with one attached hydrogen (secondary N) is 1. The summed E-state index contributed by atoms with van der Waals surface area (Å²) in [4.78, 5) is 27.8. The first-order valence-electron chi connectivity index (χ1n) is 9.48. The quantitative estimate of drug-likeness (QED) is 0.348. The molecule has 4 heterocycles. The average molecular weight is 424 g/mol. The molecule has 0 radical (unpaired) electrons. The van der Waals surface area contributed by atoms with E-state index in [0.29, 0.717) is 17.1 Å². The molecule has 0 saturated carbocycles. The topological polar surface area (TPSA) is 119 Å². The highest BCUT2D eigenvalue weighted by atomic mass is 32.1. The number of aromatic nitrogens is 4. The third kappa shape index (κ3) is 4.13. The molecule has 1 aliphatic rings. The lowest BCUT2D eigenvalue weighted by molar-refractivity contribution is -0.380. The van der Waals surface area contributed by atoms with E-state index in [-0.39, 0.29) is 17.2 Å². The van der Waals surface area contributed by atoms with Gasteiger partial charge in [-0.25, -0.2) is 0 Å². The number of Topliss-reactive ketones (excluding diaryl/α,β-unsaturated/α-hetero) is 1. The maximum absolute atomic E-state index is 12.7. The fraction of sp³-hybridized carbons (Fsp3) is 0.300. The molecular weight excluding hydrogens is 404 g/mol. The molecule has 0 fully saturated rings. The molecule has 0 atom stereocenters. The van der Waals surface area contributed by atoms with Crippen LogP contribution in [0.3, 0.4) is 0 Å². The van der Waals surface area contributed by atoms with Gasteiger partial charge in [-0.3, -0.25) is 29.7 Å². The molecule has 4 rings (SSSR count). The van der Waals surface area contributed by atoms with E-state index in [1.165, 1.54) is 12.1 Å². The fourth-order valence-electron chi connectivity index (χ4n) is 3.44. The Morgan fingerprint density at radius 3 is 2.87 bits per heavy atom. The Hall–Kier alpha value is -3.40. The summed E-state index contributed by atoms with van der Waals surface area (Å²) in [6, 6.07) is 6.84. The summed E-state index contributed by atoms with van der Waals surface area (Å²) in [7, 11) is 0. The van der Waals surface area contributed by atoms with E-state index in [1.54, 1.807) is 6.21 Å². The molecule has 9 nitrogen and oxygen atoms in total. The van der Waals surface area contributed by atoms with Gasteiger partial charge in [0.15, 0.2) is 5.78 Å². The summed E-state index contributed by atoms with van der Waals surface area (Å²) in [5, 5.41) is 22.8. The number of nitrogens with zero attached hydrogens (tertiary/aromatic N) is 5.